The second kappa shape index (κ2) is 9.41. The Kier molecular flexibility index (Phi) is 6.44. The van der Waals surface area contributed by atoms with Crippen molar-refractivity contribution in [2.24, 2.45) is 7.05 Å². The molecule has 1 aromatic carbocycles. The van der Waals surface area contributed by atoms with E-state index in [-0.39, 0.29) is 11.5 Å². The molecule has 1 saturated heterocycles. The molecule has 31 heavy (non-hydrogen) atoms. The van der Waals surface area contributed by atoms with E-state index in [1.54, 1.807) is 36.1 Å². The Morgan fingerprint density at radius 2 is 1.71 bits per heavy atom. The third-order valence-corrected chi connectivity index (χ3v) is 5.81. The van der Waals surface area contributed by atoms with Gasteiger partial charge in [-0.25, -0.2) is 9.18 Å². The molecule has 0 spiro atoms. The molecular formula is C24H26FN3O3. The number of morpholine rings is 1. The van der Waals surface area contributed by atoms with Crippen molar-refractivity contribution in [3.05, 3.63) is 66.0 Å². The number of aromatic nitrogens is 2. The summed E-state index contributed by atoms with van der Waals surface area (Å²) in [5.41, 5.74) is 4.23. The van der Waals surface area contributed by atoms with Gasteiger partial charge in [-0.05, 0) is 54.8 Å². The minimum atomic E-state index is -1.00. The maximum atomic E-state index is 13.6. The van der Waals surface area contributed by atoms with Crippen LogP contribution in [0.1, 0.15) is 22.6 Å². The number of aromatic carboxylic acids is 1. The monoisotopic (exact) mass is 423 g/mol. The number of benzene rings is 1. The first-order valence-corrected chi connectivity index (χ1v) is 10.5. The van der Waals surface area contributed by atoms with Crippen LogP contribution < -0.4 is 0 Å². The van der Waals surface area contributed by atoms with Gasteiger partial charge in [0, 0.05) is 49.4 Å². The molecule has 0 bridgehead atoms. The molecule has 0 saturated carbocycles. The number of pyridine rings is 1. The Morgan fingerprint density at radius 1 is 1.06 bits per heavy atom. The number of carboxylic acids is 1. The van der Waals surface area contributed by atoms with Gasteiger partial charge in [0.25, 0.3) is 0 Å². The van der Waals surface area contributed by atoms with Crippen LogP contribution in [-0.4, -0.2) is 58.4 Å². The quantitative estimate of drug-likeness (QED) is 0.625. The van der Waals surface area contributed by atoms with Crippen molar-refractivity contribution < 1.29 is 19.0 Å². The van der Waals surface area contributed by atoms with Crippen molar-refractivity contribution in [2.75, 3.05) is 32.8 Å². The number of nitrogens with zero attached hydrogens (tertiary/aromatic N) is 3. The van der Waals surface area contributed by atoms with Crippen molar-refractivity contribution in [3.8, 4) is 22.3 Å². The van der Waals surface area contributed by atoms with Crippen molar-refractivity contribution in [3.63, 3.8) is 0 Å². The van der Waals surface area contributed by atoms with E-state index >= 15 is 0 Å². The average molecular weight is 423 g/mol. The van der Waals surface area contributed by atoms with Crippen LogP contribution >= 0.6 is 0 Å². The number of rotatable bonds is 7. The van der Waals surface area contributed by atoms with Gasteiger partial charge in [0.1, 0.15) is 11.5 Å². The van der Waals surface area contributed by atoms with E-state index in [0.717, 1.165) is 62.5 Å². The minimum absolute atomic E-state index is 0.208. The first-order valence-electron chi connectivity index (χ1n) is 10.5. The summed E-state index contributed by atoms with van der Waals surface area (Å²) >= 11 is 0. The third kappa shape index (κ3) is 4.52. The van der Waals surface area contributed by atoms with Crippen LogP contribution in [0.15, 0.2) is 48.8 Å². The Labute approximate surface area is 180 Å². The summed E-state index contributed by atoms with van der Waals surface area (Å²) in [7, 11) is 1.80. The fourth-order valence-corrected chi connectivity index (χ4v) is 4.30. The van der Waals surface area contributed by atoms with Gasteiger partial charge in [0.15, 0.2) is 0 Å². The number of hydrogen-bond acceptors (Lipinski definition) is 4. The van der Waals surface area contributed by atoms with E-state index < -0.39 is 5.97 Å². The van der Waals surface area contributed by atoms with Crippen LogP contribution in [0.5, 0.6) is 0 Å². The second-order valence-corrected chi connectivity index (χ2v) is 7.71. The minimum Gasteiger partial charge on any atom is -0.477 e. The number of ether oxygens (including phenoxy) is 1. The van der Waals surface area contributed by atoms with Gasteiger partial charge in [0.2, 0.25) is 0 Å². The zero-order chi connectivity index (χ0) is 21.8. The van der Waals surface area contributed by atoms with Crippen LogP contribution in [0.3, 0.4) is 0 Å². The van der Waals surface area contributed by atoms with Crippen LogP contribution in [0.4, 0.5) is 4.39 Å². The third-order valence-electron chi connectivity index (χ3n) is 5.81. The van der Waals surface area contributed by atoms with E-state index in [0.29, 0.717) is 11.1 Å². The van der Waals surface area contributed by atoms with Gasteiger partial charge in [-0.1, -0.05) is 12.1 Å². The summed E-state index contributed by atoms with van der Waals surface area (Å²) in [6.45, 7) is 4.28. The second-order valence-electron chi connectivity index (χ2n) is 7.71. The normalized spacial score (nSPS) is 14.6. The zero-order valence-corrected chi connectivity index (χ0v) is 17.6. The molecule has 0 atom stereocenters. The number of hydrogen-bond donors (Lipinski definition) is 1. The van der Waals surface area contributed by atoms with E-state index in [2.05, 4.69) is 9.88 Å². The molecule has 0 radical (unpaired) electrons. The fraction of sp³-hybridized carbons (Fsp3) is 0.333. The lowest BCUT2D eigenvalue weighted by atomic mass is 9.94. The Morgan fingerprint density at radius 3 is 2.35 bits per heavy atom. The highest BCUT2D eigenvalue weighted by Gasteiger charge is 2.27. The molecular weight excluding hydrogens is 397 g/mol. The molecule has 7 heteroatoms. The zero-order valence-electron chi connectivity index (χ0n) is 17.6. The summed E-state index contributed by atoms with van der Waals surface area (Å²) in [5.74, 6) is -1.36. The van der Waals surface area contributed by atoms with Crippen molar-refractivity contribution >= 4 is 5.97 Å². The molecule has 1 aliphatic rings. The topological polar surface area (TPSA) is 67.6 Å². The molecule has 0 amide bonds. The SMILES string of the molecule is Cn1c(CCCN2CCOCC2)c(-c2ccncc2)c(-c2ccc(F)cc2)c1C(=O)O. The van der Waals surface area contributed by atoms with Crippen LogP contribution in [0, 0.1) is 5.82 Å². The molecule has 6 nitrogen and oxygen atoms in total. The lowest BCUT2D eigenvalue weighted by Crippen LogP contribution is -2.37. The summed E-state index contributed by atoms with van der Waals surface area (Å²) < 4.78 is 20.8. The summed E-state index contributed by atoms with van der Waals surface area (Å²) in [4.78, 5) is 18.8. The first kappa shape index (κ1) is 21.2. The fourth-order valence-electron chi connectivity index (χ4n) is 4.30. The molecule has 162 valence electrons. The molecule has 1 aliphatic heterocycles. The largest absolute Gasteiger partial charge is 0.477 e. The number of halogens is 1. The highest BCUT2D eigenvalue weighted by molar-refractivity contribution is 6.01. The highest BCUT2D eigenvalue weighted by atomic mass is 19.1. The van der Waals surface area contributed by atoms with Gasteiger partial charge < -0.3 is 14.4 Å². The smallest absolute Gasteiger partial charge is 0.353 e. The Bertz CT molecular complexity index is 1040. The van der Waals surface area contributed by atoms with Gasteiger partial charge >= 0.3 is 5.97 Å². The van der Waals surface area contributed by atoms with E-state index in [1.807, 2.05) is 12.1 Å². The number of carbonyl (C=O) groups is 1. The Balaban J connectivity index is 1.78. The molecule has 2 aromatic heterocycles. The maximum Gasteiger partial charge on any atom is 0.353 e. The average Bonchev–Trinajstić information content (AvgIpc) is 3.08. The summed E-state index contributed by atoms with van der Waals surface area (Å²) in [5, 5.41) is 10.0. The molecule has 1 N–H and O–H groups in total. The van der Waals surface area contributed by atoms with Gasteiger partial charge in [-0.15, -0.1) is 0 Å². The number of carboxylic acid groups (broad SMARTS) is 1. The highest BCUT2D eigenvalue weighted by Crippen LogP contribution is 2.40. The predicted molar refractivity (Wildman–Crippen MR) is 117 cm³/mol. The van der Waals surface area contributed by atoms with Crippen molar-refractivity contribution in [1.82, 2.24) is 14.5 Å². The molecule has 0 unspecified atom stereocenters. The van der Waals surface area contributed by atoms with Crippen LogP contribution in [0.2, 0.25) is 0 Å². The molecule has 4 rings (SSSR count). The van der Waals surface area contributed by atoms with Gasteiger partial charge in [0.05, 0.1) is 13.2 Å². The Hall–Kier alpha value is -3.03. The van der Waals surface area contributed by atoms with Crippen LogP contribution in [-0.2, 0) is 18.2 Å². The van der Waals surface area contributed by atoms with E-state index in [9.17, 15) is 14.3 Å². The van der Waals surface area contributed by atoms with Gasteiger partial charge in [-0.3, -0.25) is 9.88 Å². The molecule has 3 heterocycles. The molecule has 1 fully saturated rings. The van der Waals surface area contributed by atoms with Crippen molar-refractivity contribution in [1.29, 1.82) is 0 Å². The lowest BCUT2D eigenvalue weighted by molar-refractivity contribution is 0.0374. The van der Waals surface area contributed by atoms with Crippen LogP contribution in [0.25, 0.3) is 22.3 Å². The molecule has 0 aliphatic carbocycles. The van der Waals surface area contributed by atoms with Crippen molar-refractivity contribution in [2.45, 2.75) is 12.8 Å². The first-order chi connectivity index (χ1) is 15.1. The standard InChI is InChI=1S/C24H26FN3O3/c1-27-20(3-2-12-28-13-15-31-16-14-28)21(18-8-10-26-11-9-18)22(23(27)24(29)30)17-4-6-19(25)7-5-17/h4-11H,2-3,12-16H2,1H3,(H,29,30). The maximum absolute atomic E-state index is 13.6. The summed E-state index contributed by atoms with van der Waals surface area (Å²) in [6.07, 6.45) is 5.04. The van der Waals surface area contributed by atoms with E-state index in [1.165, 1.54) is 12.1 Å². The predicted octanol–water partition coefficient (Wildman–Crippen LogP) is 3.86. The lowest BCUT2D eigenvalue weighted by Gasteiger charge is -2.26. The molecule has 3 aromatic rings. The van der Waals surface area contributed by atoms with E-state index in [4.69, 9.17) is 4.74 Å². The summed E-state index contributed by atoms with van der Waals surface area (Å²) in [6, 6.07) is 9.78. The van der Waals surface area contributed by atoms with Gasteiger partial charge in [-0.2, -0.15) is 0 Å².